The van der Waals surface area contributed by atoms with Gasteiger partial charge in [0.2, 0.25) is 0 Å². The van der Waals surface area contributed by atoms with Crippen LogP contribution in [0.1, 0.15) is 24.2 Å². The third-order valence-corrected chi connectivity index (χ3v) is 3.57. The normalized spacial score (nSPS) is 11.2. The van der Waals surface area contributed by atoms with E-state index in [4.69, 9.17) is 5.73 Å². The van der Waals surface area contributed by atoms with Gasteiger partial charge >= 0.3 is 0 Å². The Kier molecular flexibility index (Phi) is 4.18. The van der Waals surface area contributed by atoms with Crippen molar-refractivity contribution in [2.24, 2.45) is 0 Å². The molecule has 0 aliphatic rings. The van der Waals surface area contributed by atoms with Gasteiger partial charge in [-0.1, -0.05) is 0 Å². The van der Waals surface area contributed by atoms with Crippen LogP contribution in [-0.2, 0) is 0 Å². The molecule has 0 spiro atoms. The Morgan fingerprint density at radius 3 is 2.88 bits per heavy atom. The van der Waals surface area contributed by atoms with Gasteiger partial charge in [-0.15, -0.1) is 0 Å². The monoisotopic (exact) mass is 239 g/mol. The van der Waals surface area contributed by atoms with Crippen molar-refractivity contribution in [2.45, 2.75) is 18.6 Å². The lowest BCUT2D eigenvalue weighted by molar-refractivity contribution is 0.0951. The molecule has 0 aliphatic carbocycles. The number of carbonyl (C=O) groups is 1. The Hall–Kier alpha value is -1.23. The molecule has 1 rings (SSSR count). The molecule has 0 atom stereocenters. The summed E-state index contributed by atoms with van der Waals surface area (Å²) >= 11 is 1.71. The number of nitrogen functional groups attached to an aromatic ring is 1. The quantitative estimate of drug-likeness (QED) is 0.836. The number of thioether (sulfide) groups is 1. The van der Waals surface area contributed by atoms with Gasteiger partial charge in [0, 0.05) is 17.5 Å². The van der Waals surface area contributed by atoms with Crippen LogP contribution < -0.4 is 11.1 Å². The Morgan fingerprint density at radius 2 is 2.31 bits per heavy atom. The second kappa shape index (κ2) is 5.21. The summed E-state index contributed by atoms with van der Waals surface area (Å²) in [5.74, 6) is -0.151. The lowest BCUT2D eigenvalue weighted by atomic mass is 10.2. The molecule has 1 aromatic heterocycles. The SMILES string of the molecule is CSC(C)(C)CNC(=O)c1ccncc1N. The van der Waals surface area contributed by atoms with Crippen LogP contribution in [0.15, 0.2) is 18.5 Å². The molecular weight excluding hydrogens is 222 g/mol. The number of anilines is 1. The van der Waals surface area contributed by atoms with Crippen LogP contribution in [0.25, 0.3) is 0 Å². The Labute approximate surface area is 100 Å². The molecule has 0 saturated carbocycles. The number of rotatable bonds is 4. The molecule has 0 aliphatic heterocycles. The predicted molar refractivity (Wildman–Crippen MR) is 68.6 cm³/mol. The topological polar surface area (TPSA) is 68.0 Å². The Morgan fingerprint density at radius 1 is 1.62 bits per heavy atom. The van der Waals surface area contributed by atoms with Gasteiger partial charge in [-0.25, -0.2) is 0 Å². The number of hydrogen-bond donors (Lipinski definition) is 2. The van der Waals surface area contributed by atoms with Crippen molar-refractivity contribution in [3.8, 4) is 0 Å². The van der Waals surface area contributed by atoms with Crippen LogP contribution >= 0.6 is 11.8 Å². The molecule has 0 bridgehead atoms. The molecule has 1 amide bonds. The van der Waals surface area contributed by atoms with Crippen molar-refractivity contribution in [2.75, 3.05) is 18.5 Å². The summed E-state index contributed by atoms with van der Waals surface area (Å²) in [7, 11) is 0. The molecule has 0 unspecified atom stereocenters. The fourth-order valence-electron chi connectivity index (χ4n) is 1.07. The first-order valence-corrected chi connectivity index (χ1v) is 6.21. The summed E-state index contributed by atoms with van der Waals surface area (Å²) < 4.78 is 0.0253. The average molecular weight is 239 g/mol. The van der Waals surface area contributed by atoms with Gasteiger partial charge in [0.1, 0.15) is 0 Å². The maximum atomic E-state index is 11.8. The van der Waals surface area contributed by atoms with E-state index in [-0.39, 0.29) is 10.7 Å². The van der Waals surface area contributed by atoms with Gasteiger partial charge in [-0.2, -0.15) is 11.8 Å². The highest BCUT2D eigenvalue weighted by molar-refractivity contribution is 7.99. The lowest BCUT2D eigenvalue weighted by Gasteiger charge is -2.22. The number of aromatic nitrogens is 1. The van der Waals surface area contributed by atoms with Crippen LogP contribution in [0.2, 0.25) is 0 Å². The summed E-state index contributed by atoms with van der Waals surface area (Å²) in [6, 6.07) is 1.62. The standard InChI is InChI=1S/C11H17N3OS/c1-11(2,16-3)7-14-10(15)8-4-5-13-6-9(8)12/h4-6H,7,12H2,1-3H3,(H,14,15). The smallest absolute Gasteiger partial charge is 0.253 e. The summed E-state index contributed by atoms with van der Waals surface area (Å²) in [6.07, 6.45) is 5.06. The Bertz CT molecular complexity index is 379. The second-order valence-electron chi connectivity index (χ2n) is 4.11. The van der Waals surface area contributed by atoms with Gasteiger partial charge in [0.15, 0.2) is 0 Å². The molecule has 0 saturated heterocycles. The highest BCUT2D eigenvalue weighted by atomic mass is 32.2. The zero-order valence-corrected chi connectivity index (χ0v) is 10.6. The van der Waals surface area contributed by atoms with Crippen molar-refractivity contribution in [1.29, 1.82) is 0 Å². The van der Waals surface area contributed by atoms with Crippen LogP contribution in [0.4, 0.5) is 5.69 Å². The number of nitrogens with two attached hydrogens (primary N) is 1. The van der Waals surface area contributed by atoms with E-state index in [0.29, 0.717) is 17.8 Å². The van der Waals surface area contributed by atoms with E-state index >= 15 is 0 Å². The lowest BCUT2D eigenvalue weighted by Crippen LogP contribution is -2.36. The van der Waals surface area contributed by atoms with Crippen molar-refractivity contribution in [1.82, 2.24) is 10.3 Å². The van der Waals surface area contributed by atoms with Gasteiger partial charge in [-0.05, 0) is 26.2 Å². The van der Waals surface area contributed by atoms with Crippen molar-refractivity contribution in [3.63, 3.8) is 0 Å². The van der Waals surface area contributed by atoms with E-state index in [9.17, 15) is 4.79 Å². The second-order valence-corrected chi connectivity index (χ2v) is 5.62. The fraction of sp³-hybridized carbons (Fsp3) is 0.455. The first kappa shape index (κ1) is 12.8. The molecule has 5 heteroatoms. The van der Waals surface area contributed by atoms with Crippen molar-refractivity contribution < 1.29 is 4.79 Å². The minimum atomic E-state index is -0.151. The molecule has 1 aromatic rings. The molecule has 0 aromatic carbocycles. The summed E-state index contributed by atoms with van der Waals surface area (Å²) in [4.78, 5) is 15.6. The van der Waals surface area contributed by atoms with Gasteiger partial charge in [-0.3, -0.25) is 9.78 Å². The molecular formula is C11H17N3OS. The predicted octanol–water partition coefficient (Wildman–Crippen LogP) is 1.54. The molecule has 4 nitrogen and oxygen atoms in total. The fourth-order valence-corrected chi connectivity index (χ4v) is 1.29. The molecule has 16 heavy (non-hydrogen) atoms. The number of nitrogens with one attached hydrogen (secondary N) is 1. The van der Waals surface area contributed by atoms with E-state index < -0.39 is 0 Å². The van der Waals surface area contributed by atoms with E-state index in [0.717, 1.165) is 0 Å². The van der Waals surface area contributed by atoms with E-state index in [2.05, 4.69) is 24.1 Å². The van der Waals surface area contributed by atoms with Gasteiger partial charge in [0.25, 0.3) is 5.91 Å². The Balaban J connectivity index is 2.64. The van der Waals surface area contributed by atoms with Crippen molar-refractivity contribution in [3.05, 3.63) is 24.0 Å². The number of amides is 1. The maximum absolute atomic E-state index is 11.8. The van der Waals surface area contributed by atoms with Crippen LogP contribution in [-0.4, -0.2) is 28.4 Å². The highest BCUT2D eigenvalue weighted by Gasteiger charge is 2.18. The minimum Gasteiger partial charge on any atom is -0.397 e. The van der Waals surface area contributed by atoms with Gasteiger partial charge in [0.05, 0.1) is 17.4 Å². The minimum absolute atomic E-state index is 0.0253. The maximum Gasteiger partial charge on any atom is 0.253 e. The first-order chi connectivity index (χ1) is 7.46. The van der Waals surface area contributed by atoms with E-state index in [1.807, 2.05) is 6.26 Å². The molecule has 1 heterocycles. The summed E-state index contributed by atoms with van der Waals surface area (Å²) in [5, 5.41) is 2.86. The molecule has 88 valence electrons. The zero-order valence-electron chi connectivity index (χ0n) is 9.78. The van der Waals surface area contributed by atoms with Crippen LogP contribution in [0.5, 0.6) is 0 Å². The van der Waals surface area contributed by atoms with E-state index in [1.54, 1.807) is 24.0 Å². The molecule has 3 N–H and O–H groups in total. The number of carbonyl (C=O) groups excluding carboxylic acids is 1. The number of nitrogens with zero attached hydrogens (tertiary/aromatic N) is 1. The van der Waals surface area contributed by atoms with Crippen molar-refractivity contribution >= 4 is 23.4 Å². The molecule has 0 fully saturated rings. The number of hydrogen-bond acceptors (Lipinski definition) is 4. The molecule has 0 radical (unpaired) electrons. The zero-order chi connectivity index (χ0) is 12.2. The van der Waals surface area contributed by atoms with Crippen LogP contribution in [0, 0.1) is 0 Å². The third kappa shape index (κ3) is 3.41. The highest BCUT2D eigenvalue weighted by Crippen LogP contribution is 2.20. The number of pyridine rings is 1. The largest absolute Gasteiger partial charge is 0.397 e. The third-order valence-electron chi connectivity index (χ3n) is 2.32. The van der Waals surface area contributed by atoms with Gasteiger partial charge < -0.3 is 11.1 Å². The average Bonchev–Trinajstić information content (AvgIpc) is 2.27. The summed E-state index contributed by atoms with van der Waals surface area (Å²) in [6.45, 7) is 4.76. The summed E-state index contributed by atoms with van der Waals surface area (Å²) in [5.41, 5.74) is 6.55. The van der Waals surface area contributed by atoms with E-state index in [1.165, 1.54) is 6.20 Å². The first-order valence-electron chi connectivity index (χ1n) is 4.99. The van der Waals surface area contributed by atoms with Crippen LogP contribution in [0.3, 0.4) is 0 Å².